The highest BCUT2D eigenvalue weighted by Crippen LogP contribution is 2.29. The fourth-order valence-corrected chi connectivity index (χ4v) is 2.32. The van der Waals surface area contributed by atoms with Crippen LogP contribution in [-0.2, 0) is 11.2 Å². The lowest BCUT2D eigenvalue weighted by Crippen LogP contribution is -2.65. The SMILES string of the molecule is Cc1ccc(CCC(=O)N2CC(O)(C(C)C)C2)cc1. The predicted octanol–water partition coefficient (Wildman–Crippen LogP) is 2.16. The van der Waals surface area contributed by atoms with Gasteiger partial charge in [0.1, 0.15) is 5.60 Å². The monoisotopic (exact) mass is 261 g/mol. The Morgan fingerprint density at radius 3 is 2.42 bits per heavy atom. The summed E-state index contributed by atoms with van der Waals surface area (Å²) in [5, 5.41) is 10.1. The van der Waals surface area contributed by atoms with E-state index in [9.17, 15) is 9.90 Å². The zero-order valence-corrected chi connectivity index (χ0v) is 12.0. The van der Waals surface area contributed by atoms with Crippen molar-refractivity contribution >= 4 is 5.91 Å². The molecule has 3 nitrogen and oxygen atoms in total. The Balaban J connectivity index is 1.79. The molecule has 1 aromatic rings. The van der Waals surface area contributed by atoms with Gasteiger partial charge in [0.25, 0.3) is 0 Å². The molecule has 0 atom stereocenters. The second kappa shape index (κ2) is 5.33. The van der Waals surface area contributed by atoms with Crippen molar-refractivity contribution in [3.63, 3.8) is 0 Å². The van der Waals surface area contributed by atoms with Crippen LogP contribution < -0.4 is 0 Å². The van der Waals surface area contributed by atoms with E-state index in [4.69, 9.17) is 0 Å². The third-order valence-electron chi connectivity index (χ3n) is 4.10. The van der Waals surface area contributed by atoms with Crippen LogP contribution >= 0.6 is 0 Å². The predicted molar refractivity (Wildman–Crippen MR) is 75.9 cm³/mol. The second-order valence-corrected chi connectivity index (χ2v) is 5.99. The average Bonchev–Trinajstić information content (AvgIpc) is 2.33. The van der Waals surface area contributed by atoms with Gasteiger partial charge in [0.2, 0.25) is 5.91 Å². The van der Waals surface area contributed by atoms with Gasteiger partial charge < -0.3 is 10.0 Å². The Morgan fingerprint density at radius 2 is 1.89 bits per heavy atom. The van der Waals surface area contributed by atoms with E-state index in [2.05, 4.69) is 31.2 Å². The summed E-state index contributed by atoms with van der Waals surface area (Å²) < 4.78 is 0. The number of β-amino-alcohol motifs (C(OH)–C–C–N with tert-alkyl or cyclic N) is 1. The molecule has 1 aliphatic rings. The van der Waals surface area contributed by atoms with E-state index in [0.29, 0.717) is 19.5 Å². The van der Waals surface area contributed by atoms with Crippen molar-refractivity contribution < 1.29 is 9.90 Å². The van der Waals surface area contributed by atoms with E-state index < -0.39 is 5.60 Å². The first kappa shape index (κ1) is 14.1. The van der Waals surface area contributed by atoms with Gasteiger partial charge >= 0.3 is 0 Å². The summed E-state index contributed by atoms with van der Waals surface area (Å²) in [6.07, 6.45) is 1.30. The van der Waals surface area contributed by atoms with Crippen LogP contribution in [0, 0.1) is 12.8 Å². The van der Waals surface area contributed by atoms with Crippen LogP contribution in [-0.4, -0.2) is 34.6 Å². The lowest BCUT2D eigenvalue weighted by atomic mass is 9.83. The quantitative estimate of drug-likeness (QED) is 0.902. The van der Waals surface area contributed by atoms with Gasteiger partial charge in [-0.1, -0.05) is 43.7 Å². The van der Waals surface area contributed by atoms with Crippen molar-refractivity contribution in [3.8, 4) is 0 Å². The number of hydrogen-bond donors (Lipinski definition) is 1. The molecule has 19 heavy (non-hydrogen) atoms. The molecule has 0 aliphatic carbocycles. The van der Waals surface area contributed by atoms with Crippen molar-refractivity contribution in [1.82, 2.24) is 4.90 Å². The molecule has 0 unspecified atom stereocenters. The minimum absolute atomic E-state index is 0.144. The van der Waals surface area contributed by atoms with Crippen LogP contribution in [0.3, 0.4) is 0 Å². The van der Waals surface area contributed by atoms with Gasteiger partial charge in [-0.15, -0.1) is 0 Å². The first-order valence-electron chi connectivity index (χ1n) is 6.96. The lowest BCUT2D eigenvalue weighted by Gasteiger charge is -2.49. The molecule has 0 aromatic heterocycles. The van der Waals surface area contributed by atoms with Crippen molar-refractivity contribution in [2.75, 3.05) is 13.1 Å². The Morgan fingerprint density at radius 1 is 1.32 bits per heavy atom. The third-order valence-corrected chi connectivity index (χ3v) is 4.10. The summed E-state index contributed by atoms with van der Waals surface area (Å²) >= 11 is 0. The lowest BCUT2D eigenvalue weighted by molar-refractivity contribution is -0.163. The number of amides is 1. The smallest absolute Gasteiger partial charge is 0.223 e. The summed E-state index contributed by atoms with van der Waals surface area (Å²) in [4.78, 5) is 13.7. The van der Waals surface area contributed by atoms with Crippen molar-refractivity contribution in [2.45, 2.75) is 39.2 Å². The maximum atomic E-state index is 12.0. The first-order chi connectivity index (χ1) is 8.90. The van der Waals surface area contributed by atoms with Gasteiger partial charge in [-0.2, -0.15) is 0 Å². The molecule has 1 heterocycles. The topological polar surface area (TPSA) is 40.5 Å². The highest BCUT2D eigenvalue weighted by atomic mass is 16.3. The van der Waals surface area contributed by atoms with Gasteiger partial charge in [-0.25, -0.2) is 0 Å². The molecule has 0 spiro atoms. The molecule has 1 aromatic carbocycles. The van der Waals surface area contributed by atoms with Gasteiger partial charge in [0.05, 0.1) is 13.1 Å². The van der Waals surface area contributed by atoms with Gasteiger partial charge in [-0.3, -0.25) is 4.79 Å². The molecule has 0 bridgehead atoms. The highest BCUT2D eigenvalue weighted by Gasteiger charge is 2.45. The number of carbonyl (C=O) groups is 1. The summed E-state index contributed by atoms with van der Waals surface area (Å²) in [7, 11) is 0. The Labute approximate surface area is 115 Å². The zero-order chi connectivity index (χ0) is 14.0. The molecule has 1 aliphatic heterocycles. The molecule has 0 radical (unpaired) electrons. The minimum atomic E-state index is -0.667. The number of nitrogens with zero attached hydrogens (tertiary/aromatic N) is 1. The molecular formula is C16H23NO2. The van der Waals surface area contributed by atoms with Gasteiger partial charge in [0, 0.05) is 6.42 Å². The molecule has 104 valence electrons. The molecule has 0 saturated carbocycles. The number of hydrogen-bond acceptors (Lipinski definition) is 2. The van der Waals surface area contributed by atoms with Gasteiger partial charge in [0.15, 0.2) is 0 Å². The molecule has 1 saturated heterocycles. The average molecular weight is 261 g/mol. The maximum Gasteiger partial charge on any atom is 0.223 e. The third kappa shape index (κ3) is 3.16. The van der Waals surface area contributed by atoms with E-state index in [1.54, 1.807) is 4.90 Å². The minimum Gasteiger partial charge on any atom is -0.386 e. The second-order valence-electron chi connectivity index (χ2n) is 5.99. The van der Waals surface area contributed by atoms with E-state index in [1.807, 2.05) is 13.8 Å². The molecule has 1 N–H and O–H groups in total. The number of carbonyl (C=O) groups excluding carboxylic acids is 1. The number of aliphatic hydroxyl groups is 1. The van der Waals surface area contributed by atoms with Crippen LogP contribution in [0.15, 0.2) is 24.3 Å². The standard InChI is InChI=1S/C16H23NO2/c1-12(2)16(19)10-17(11-16)15(18)9-8-14-6-4-13(3)5-7-14/h4-7,12,19H,8-11H2,1-3H3. The maximum absolute atomic E-state index is 12.0. The summed E-state index contributed by atoms with van der Waals surface area (Å²) in [5.41, 5.74) is 1.76. The van der Waals surface area contributed by atoms with E-state index in [-0.39, 0.29) is 11.8 Å². The largest absolute Gasteiger partial charge is 0.386 e. The summed E-state index contributed by atoms with van der Waals surface area (Å²) in [5.74, 6) is 0.347. The number of aryl methyl sites for hydroxylation is 2. The van der Waals surface area contributed by atoms with Crippen molar-refractivity contribution in [3.05, 3.63) is 35.4 Å². The van der Waals surface area contributed by atoms with E-state index in [0.717, 1.165) is 6.42 Å². The van der Waals surface area contributed by atoms with Gasteiger partial charge in [-0.05, 0) is 24.8 Å². The van der Waals surface area contributed by atoms with Crippen LogP contribution in [0.4, 0.5) is 0 Å². The summed E-state index contributed by atoms with van der Waals surface area (Å²) in [6.45, 7) is 7.01. The van der Waals surface area contributed by atoms with Crippen LogP contribution in [0.1, 0.15) is 31.4 Å². The molecule has 3 heteroatoms. The zero-order valence-electron chi connectivity index (χ0n) is 12.0. The van der Waals surface area contributed by atoms with E-state index in [1.165, 1.54) is 11.1 Å². The Hall–Kier alpha value is -1.35. The molecule has 1 fully saturated rings. The van der Waals surface area contributed by atoms with Crippen LogP contribution in [0.25, 0.3) is 0 Å². The van der Waals surface area contributed by atoms with Crippen molar-refractivity contribution in [2.24, 2.45) is 5.92 Å². The van der Waals surface area contributed by atoms with Crippen LogP contribution in [0.5, 0.6) is 0 Å². The number of likely N-dealkylation sites (tertiary alicyclic amines) is 1. The Kier molecular flexibility index (Phi) is 3.95. The first-order valence-corrected chi connectivity index (χ1v) is 6.96. The highest BCUT2D eigenvalue weighted by molar-refractivity contribution is 5.77. The molecule has 2 rings (SSSR count). The van der Waals surface area contributed by atoms with E-state index >= 15 is 0 Å². The fourth-order valence-electron chi connectivity index (χ4n) is 2.32. The number of rotatable bonds is 4. The Bertz CT molecular complexity index is 444. The molecule has 1 amide bonds. The molecular weight excluding hydrogens is 238 g/mol. The number of benzene rings is 1. The van der Waals surface area contributed by atoms with Crippen LogP contribution in [0.2, 0.25) is 0 Å². The normalized spacial score (nSPS) is 17.4. The van der Waals surface area contributed by atoms with Crippen molar-refractivity contribution in [1.29, 1.82) is 0 Å². The summed E-state index contributed by atoms with van der Waals surface area (Å²) in [6, 6.07) is 8.29. The fraction of sp³-hybridized carbons (Fsp3) is 0.562.